The molecule has 6 heteroatoms. The predicted molar refractivity (Wildman–Crippen MR) is 97.3 cm³/mol. The number of nitrogens with zero attached hydrogens (tertiary/aromatic N) is 3. The van der Waals surface area contributed by atoms with E-state index in [0.717, 1.165) is 35.2 Å². The van der Waals surface area contributed by atoms with Gasteiger partial charge in [-0.3, -0.25) is 14.9 Å². The molecule has 1 aliphatic rings. The Morgan fingerprint density at radius 1 is 1.20 bits per heavy atom. The van der Waals surface area contributed by atoms with Crippen LogP contribution in [-0.4, -0.2) is 51.2 Å². The minimum Gasteiger partial charge on any atom is -0.335 e. The molecule has 1 aliphatic heterocycles. The van der Waals surface area contributed by atoms with Crippen LogP contribution in [0.3, 0.4) is 0 Å². The van der Waals surface area contributed by atoms with Crippen LogP contribution in [0.5, 0.6) is 0 Å². The number of aromatic nitrogens is 3. The maximum atomic E-state index is 12.7. The lowest BCUT2D eigenvalue weighted by atomic mass is 10.0. The Morgan fingerprint density at radius 2 is 2.08 bits per heavy atom. The van der Waals surface area contributed by atoms with E-state index in [4.69, 9.17) is 0 Å². The van der Waals surface area contributed by atoms with Crippen LogP contribution in [0.4, 0.5) is 0 Å². The molecule has 128 valence electrons. The molecule has 4 rings (SSSR count). The summed E-state index contributed by atoms with van der Waals surface area (Å²) >= 11 is 0. The molecule has 25 heavy (non-hydrogen) atoms. The van der Waals surface area contributed by atoms with Crippen molar-refractivity contribution in [3.63, 3.8) is 0 Å². The molecule has 3 heterocycles. The first-order chi connectivity index (χ1) is 12.0. The van der Waals surface area contributed by atoms with E-state index < -0.39 is 0 Å². The minimum absolute atomic E-state index is 0.0372. The van der Waals surface area contributed by atoms with Crippen molar-refractivity contribution in [3.05, 3.63) is 48.3 Å². The monoisotopic (exact) mass is 335 g/mol. The van der Waals surface area contributed by atoms with Crippen LogP contribution in [0, 0.1) is 0 Å². The van der Waals surface area contributed by atoms with Gasteiger partial charge >= 0.3 is 0 Å². The molecule has 1 amide bonds. The number of aromatic amines is 1. The second-order valence-corrected chi connectivity index (χ2v) is 7.11. The SMILES string of the molecule is CC1(C)CN(C(=O)c2ccc(-c3cccc4[nH]ncc34)nc2)CCN1. The lowest BCUT2D eigenvalue weighted by Crippen LogP contribution is -2.58. The van der Waals surface area contributed by atoms with Crippen molar-refractivity contribution >= 4 is 16.8 Å². The number of rotatable bonds is 2. The Balaban J connectivity index is 1.60. The zero-order valence-corrected chi connectivity index (χ0v) is 14.4. The summed E-state index contributed by atoms with van der Waals surface area (Å²) in [5.74, 6) is 0.0372. The molecule has 2 aromatic heterocycles. The summed E-state index contributed by atoms with van der Waals surface area (Å²) in [6.07, 6.45) is 3.47. The molecule has 0 atom stereocenters. The summed E-state index contributed by atoms with van der Waals surface area (Å²) in [5.41, 5.74) is 3.39. The van der Waals surface area contributed by atoms with Crippen LogP contribution in [0.25, 0.3) is 22.2 Å². The first-order valence-electron chi connectivity index (χ1n) is 8.46. The van der Waals surface area contributed by atoms with Crippen LogP contribution in [0.2, 0.25) is 0 Å². The molecule has 6 nitrogen and oxygen atoms in total. The minimum atomic E-state index is -0.0573. The lowest BCUT2D eigenvalue weighted by molar-refractivity contribution is 0.0652. The second kappa shape index (κ2) is 5.97. The third-order valence-corrected chi connectivity index (χ3v) is 4.63. The van der Waals surface area contributed by atoms with Gasteiger partial charge in [0.15, 0.2) is 0 Å². The van der Waals surface area contributed by atoms with E-state index in [1.54, 1.807) is 12.4 Å². The predicted octanol–water partition coefficient (Wildman–Crippen LogP) is 2.45. The number of carbonyl (C=O) groups excluding carboxylic acids is 1. The van der Waals surface area contributed by atoms with Gasteiger partial charge in [-0.05, 0) is 32.0 Å². The van der Waals surface area contributed by atoms with Crippen LogP contribution >= 0.6 is 0 Å². The summed E-state index contributed by atoms with van der Waals surface area (Å²) in [5, 5.41) is 11.5. The molecule has 3 aromatic rings. The number of amides is 1. The van der Waals surface area contributed by atoms with Crippen molar-refractivity contribution < 1.29 is 4.79 Å². The highest BCUT2D eigenvalue weighted by atomic mass is 16.2. The fourth-order valence-corrected chi connectivity index (χ4v) is 3.37. The van der Waals surface area contributed by atoms with Crippen LogP contribution < -0.4 is 5.32 Å². The van der Waals surface area contributed by atoms with Crippen molar-refractivity contribution in [2.24, 2.45) is 0 Å². The Morgan fingerprint density at radius 3 is 2.84 bits per heavy atom. The number of nitrogens with one attached hydrogen (secondary N) is 2. The Kier molecular flexibility index (Phi) is 3.77. The van der Waals surface area contributed by atoms with E-state index in [1.165, 1.54) is 0 Å². The van der Waals surface area contributed by atoms with E-state index in [-0.39, 0.29) is 11.4 Å². The highest BCUT2D eigenvalue weighted by molar-refractivity contribution is 5.96. The van der Waals surface area contributed by atoms with Gasteiger partial charge in [-0.2, -0.15) is 5.10 Å². The number of hydrogen-bond acceptors (Lipinski definition) is 4. The van der Waals surface area contributed by atoms with E-state index in [1.807, 2.05) is 35.2 Å². The van der Waals surface area contributed by atoms with Gasteiger partial charge in [0.25, 0.3) is 5.91 Å². The molecule has 0 unspecified atom stereocenters. The van der Waals surface area contributed by atoms with Crippen molar-refractivity contribution in [2.45, 2.75) is 19.4 Å². The summed E-state index contributed by atoms with van der Waals surface area (Å²) in [6, 6.07) is 9.73. The van der Waals surface area contributed by atoms with Crippen LogP contribution in [-0.2, 0) is 0 Å². The molecule has 0 spiro atoms. The molecule has 1 fully saturated rings. The first-order valence-corrected chi connectivity index (χ1v) is 8.46. The maximum absolute atomic E-state index is 12.7. The smallest absolute Gasteiger partial charge is 0.255 e. The number of piperazine rings is 1. The van der Waals surface area contributed by atoms with Gasteiger partial charge in [-0.15, -0.1) is 0 Å². The largest absolute Gasteiger partial charge is 0.335 e. The second-order valence-electron chi connectivity index (χ2n) is 7.11. The molecule has 0 aliphatic carbocycles. The van der Waals surface area contributed by atoms with E-state index in [0.29, 0.717) is 12.1 Å². The molecular weight excluding hydrogens is 314 g/mol. The van der Waals surface area contributed by atoms with Gasteiger partial charge in [0.05, 0.1) is 23.0 Å². The number of H-pyrrole nitrogens is 1. The third kappa shape index (κ3) is 3.00. The number of carbonyl (C=O) groups is 1. The Bertz CT molecular complexity index is 913. The van der Waals surface area contributed by atoms with Gasteiger partial charge in [-0.25, -0.2) is 0 Å². The first kappa shape index (κ1) is 15.8. The van der Waals surface area contributed by atoms with Gasteiger partial charge in [0, 0.05) is 42.3 Å². The lowest BCUT2D eigenvalue weighted by Gasteiger charge is -2.39. The number of fused-ring (bicyclic) bond motifs is 1. The molecule has 0 radical (unpaired) electrons. The summed E-state index contributed by atoms with van der Waals surface area (Å²) in [4.78, 5) is 19.2. The van der Waals surface area contributed by atoms with Gasteiger partial charge in [-0.1, -0.05) is 12.1 Å². The number of hydrogen-bond donors (Lipinski definition) is 2. The fraction of sp³-hybridized carbons (Fsp3) is 0.316. The third-order valence-electron chi connectivity index (χ3n) is 4.63. The molecule has 0 saturated carbocycles. The highest BCUT2D eigenvalue weighted by Gasteiger charge is 2.29. The zero-order valence-electron chi connectivity index (χ0n) is 14.4. The van der Waals surface area contributed by atoms with E-state index in [9.17, 15) is 4.79 Å². The van der Waals surface area contributed by atoms with Crippen LogP contribution in [0.15, 0.2) is 42.7 Å². The normalized spacial score (nSPS) is 17.0. The van der Waals surface area contributed by atoms with Crippen LogP contribution in [0.1, 0.15) is 24.2 Å². The molecule has 1 saturated heterocycles. The topological polar surface area (TPSA) is 73.9 Å². The van der Waals surface area contributed by atoms with Crippen molar-refractivity contribution in [2.75, 3.05) is 19.6 Å². The summed E-state index contributed by atoms with van der Waals surface area (Å²) < 4.78 is 0. The quantitative estimate of drug-likeness (QED) is 0.754. The Labute approximate surface area is 146 Å². The Hall–Kier alpha value is -2.73. The average molecular weight is 335 g/mol. The highest BCUT2D eigenvalue weighted by Crippen LogP contribution is 2.26. The van der Waals surface area contributed by atoms with E-state index >= 15 is 0 Å². The summed E-state index contributed by atoms with van der Waals surface area (Å²) in [7, 11) is 0. The fourth-order valence-electron chi connectivity index (χ4n) is 3.37. The van der Waals surface area contributed by atoms with Crippen molar-refractivity contribution in [1.82, 2.24) is 25.4 Å². The standard InChI is InChI=1S/C19H21N5O/c1-19(2)12-24(9-8-21-19)18(25)13-6-7-16(20-10-13)14-4-3-5-17-15(14)11-22-23-17/h3-7,10-11,21H,8-9,12H2,1-2H3,(H,22,23). The maximum Gasteiger partial charge on any atom is 0.255 e. The van der Waals surface area contributed by atoms with E-state index in [2.05, 4.69) is 34.3 Å². The van der Waals surface area contributed by atoms with Gasteiger partial charge < -0.3 is 10.2 Å². The van der Waals surface area contributed by atoms with Gasteiger partial charge in [0.1, 0.15) is 0 Å². The molecule has 1 aromatic carbocycles. The molecular formula is C19H21N5O. The van der Waals surface area contributed by atoms with Gasteiger partial charge in [0.2, 0.25) is 0 Å². The molecule has 2 N–H and O–H groups in total. The number of benzene rings is 1. The van der Waals surface area contributed by atoms with Crippen molar-refractivity contribution in [3.8, 4) is 11.3 Å². The zero-order chi connectivity index (χ0) is 17.4. The van der Waals surface area contributed by atoms with Crippen molar-refractivity contribution in [1.29, 1.82) is 0 Å². The average Bonchev–Trinajstić information content (AvgIpc) is 3.09. The number of pyridine rings is 1. The molecule has 0 bridgehead atoms. The summed E-state index contributed by atoms with van der Waals surface area (Å²) in [6.45, 7) is 6.45.